The van der Waals surface area contributed by atoms with Crippen molar-refractivity contribution in [1.82, 2.24) is 9.55 Å². The Morgan fingerprint density at radius 3 is 2.42 bits per heavy atom. The highest BCUT2D eigenvalue weighted by Crippen LogP contribution is 2.26. The Bertz CT molecular complexity index is 1050. The van der Waals surface area contributed by atoms with E-state index in [1.165, 1.54) is 6.33 Å². The van der Waals surface area contributed by atoms with E-state index < -0.39 is 5.91 Å². The van der Waals surface area contributed by atoms with Crippen LogP contribution in [0, 0.1) is 13.8 Å². The van der Waals surface area contributed by atoms with Crippen LogP contribution in [0.5, 0.6) is 5.75 Å². The molecule has 0 atom stereocenters. The molecule has 1 heterocycles. The van der Waals surface area contributed by atoms with E-state index >= 15 is 0 Å². The van der Waals surface area contributed by atoms with E-state index in [9.17, 15) is 9.59 Å². The fourth-order valence-corrected chi connectivity index (χ4v) is 3.45. The summed E-state index contributed by atoms with van der Waals surface area (Å²) in [5.74, 6) is -0.0552. The quantitative estimate of drug-likeness (QED) is 0.541. The molecule has 3 aromatic rings. The summed E-state index contributed by atoms with van der Waals surface area (Å²) in [5.41, 5.74) is 8.97. The zero-order valence-corrected chi connectivity index (χ0v) is 18.1. The first-order valence-corrected chi connectivity index (χ1v) is 10.3. The van der Waals surface area contributed by atoms with Crippen molar-refractivity contribution in [3.8, 4) is 5.75 Å². The second-order valence-corrected chi connectivity index (χ2v) is 7.52. The van der Waals surface area contributed by atoms with E-state index in [0.717, 1.165) is 35.3 Å². The van der Waals surface area contributed by atoms with Gasteiger partial charge in [0.15, 0.2) is 11.5 Å². The zero-order chi connectivity index (χ0) is 22.4. The molecule has 31 heavy (non-hydrogen) atoms. The first-order valence-electron chi connectivity index (χ1n) is 10.3. The molecule has 0 radical (unpaired) electrons. The van der Waals surface area contributed by atoms with E-state index in [1.54, 1.807) is 16.7 Å². The number of aryl methyl sites for hydroxylation is 3. The number of carbonyl (C=O) groups is 2. The van der Waals surface area contributed by atoms with Crippen molar-refractivity contribution in [3.05, 3.63) is 76.7 Å². The Hall–Kier alpha value is -3.61. The maximum absolute atomic E-state index is 12.9. The lowest BCUT2D eigenvalue weighted by Crippen LogP contribution is -2.21. The summed E-state index contributed by atoms with van der Waals surface area (Å²) in [4.78, 5) is 29.0. The lowest BCUT2D eigenvalue weighted by molar-refractivity contribution is 0.0992. The van der Waals surface area contributed by atoms with Crippen molar-refractivity contribution in [2.24, 2.45) is 5.73 Å². The van der Waals surface area contributed by atoms with Gasteiger partial charge < -0.3 is 20.4 Å². The summed E-state index contributed by atoms with van der Waals surface area (Å²) < 4.78 is 7.67. The minimum Gasteiger partial charge on any atom is -0.488 e. The highest BCUT2D eigenvalue weighted by atomic mass is 16.5. The normalized spacial score (nSPS) is 10.7. The van der Waals surface area contributed by atoms with Crippen LogP contribution in [0.2, 0.25) is 0 Å². The topological polar surface area (TPSA) is 99.2 Å². The maximum Gasteiger partial charge on any atom is 0.269 e. The number of anilines is 1. The summed E-state index contributed by atoms with van der Waals surface area (Å²) in [6.45, 7) is 6.92. The van der Waals surface area contributed by atoms with Crippen LogP contribution in [-0.2, 0) is 13.2 Å². The monoisotopic (exact) mass is 420 g/mol. The van der Waals surface area contributed by atoms with Gasteiger partial charge in [0, 0.05) is 12.1 Å². The number of hydrogen-bond donors (Lipinski definition) is 2. The number of carbonyl (C=O) groups excluding carboxylic acids is 2. The van der Waals surface area contributed by atoms with Crippen LogP contribution in [0.3, 0.4) is 0 Å². The number of amides is 2. The Balaban J connectivity index is 1.77. The highest BCUT2D eigenvalue weighted by Gasteiger charge is 2.20. The summed E-state index contributed by atoms with van der Waals surface area (Å²) in [6.07, 6.45) is 3.38. The third kappa shape index (κ3) is 5.31. The molecule has 162 valence electrons. The van der Waals surface area contributed by atoms with Gasteiger partial charge >= 0.3 is 0 Å². The third-order valence-corrected chi connectivity index (χ3v) is 5.00. The van der Waals surface area contributed by atoms with Gasteiger partial charge in [0.2, 0.25) is 0 Å². The summed E-state index contributed by atoms with van der Waals surface area (Å²) in [5, 5.41) is 2.72. The number of imidazole rings is 1. The van der Waals surface area contributed by atoms with Gasteiger partial charge in [0.1, 0.15) is 12.4 Å². The average Bonchev–Trinajstić information content (AvgIpc) is 3.14. The van der Waals surface area contributed by atoms with Gasteiger partial charge in [-0.25, -0.2) is 4.98 Å². The minimum absolute atomic E-state index is 0.174. The van der Waals surface area contributed by atoms with Crippen molar-refractivity contribution in [2.75, 3.05) is 5.32 Å². The van der Waals surface area contributed by atoms with Crippen molar-refractivity contribution < 1.29 is 14.3 Å². The number of primary amides is 1. The summed E-state index contributed by atoms with van der Waals surface area (Å²) in [6, 6.07) is 13.4. The first kappa shape index (κ1) is 22.1. The lowest BCUT2D eigenvalue weighted by Gasteiger charge is -2.14. The van der Waals surface area contributed by atoms with Crippen LogP contribution in [0.4, 0.5) is 5.82 Å². The Morgan fingerprint density at radius 2 is 1.81 bits per heavy atom. The van der Waals surface area contributed by atoms with Gasteiger partial charge in [0.05, 0.1) is 6.33 Å². The molecular weight excluding hydrogens is 392 g/mol. The smallest absolute Gasteiger partial charge is 0.269 e. The van der Waals surface area contributed by atoms with Gasteiger partial charge in [0.25, 0.3) is 11.8 Å². The van der Waals surface area contributed by atoms with Crippen molar-refractivity contribution >= 4 is 17.6 Å². The van der Waals surface area contributed by atoms with Crippen molar-refractivity contribution in [2.45, 2.75) is 46.8 Å². The number of nitrogens with one attached hydrogen (secondary N) is 1. The molecular formula is C24H28N4O3. The number of benzene rings is 2. The van der Waals surface area contributed by atoms with E-state index in [0.29, 0.717) is 18.7 Å². The van der Waals surface area contributed by atoms with Crippen LogP contribution in [-0.4, -0.2) is 21.4 Å². The number of ether oxygens (including phenoxy) is 1. The molecule has 3 N–H and O–H groups in total. The summed E-state index contributed by atoms with van der Waals surface area (Å²) in [7, 11) is 0. The minimum atomic E-state index is -0.624. The molecule has 1 aromatic heterocycles. The second kappa shape index (κ2) is 9.93. The summed E-state index contributed by atoms with van der Waals surface area (Å²) >= 11 is 0. The Morgan fingerprint density at radius 1 is 1.13 bits per heavy atom. The van der Waals surface area contributed by atoms with Gasteiger partial charge in [-0.3, -0.25) is 9.59 Å². The van der Waals surface area contributed by atoms with Gasteiger partial charge in [-0.15, -0.1) is 0 Å². The van der Waals surface area contributed by atoms with Gasteiger partial charge in [-0.1, -0.05) is 43.7 Å². The molecule has 0 bridgehead atoms. The second-order valence-electron chi connectivity index (χ2n) is 7.52. The van der Waals surface area contributed by atoms with Crippen molar-refractivity contribution in [3.63, 3.8) is 0 Å². The molecule has 0 fully saturated rings. The molecule has 2 aromatic carbocycles. The van der Waals surface area contributed by atoms with Crippen LogP contribution >= 0.6 is 0 Å². The number of aromatic nitrogens is 2. The molecule has 0 saturated carbocycles. The molecule has 0 aliphatic rings. The van der Waals surface area contributed by atoms with Gasteiger partial charge in [-0.2, -0.15) is 0 Å². The molecule has 0 unspecified atom stereocenters. The Kier molecular flexibility index (Phi) is 7.07. The van der Waals surface area contributed by atoms with E-state index in [2.05, 4.69) is 17.2 Å². The fraction of sp³-hybridized carbons (Fsp3) is 0.292. The molecule has 0 aliphatic heterocycles. The molecule has 7 nitrogen and oxygen atoms in total. The molecule has 0 saturated heterocycles. The first-order chi connectivity index (χ1) is 14.9. The number of unbranched alkanes of at least 4 members (excludes halogenated alkanes) is 1. The zero-order valence-electron chi connectivity index (χ0n) is 18.1. The largest absolute Gasteiger partial charge is 0.488 e. The van der Waals surface area contributed by atoms with E-state index in [-0.39, 0.29) is 17.4 Å². The van der Waals surface area contributed by atoms with Crippen LogP contribution in [0.25, 0.3) is 0 Å². The maximum atomic E-state index is 12.9. The molecule has 0 spiro atoms. The SMILES string of the molecule is CCCCn1cnc(NC(=O)c2cc(C)c(OCc3ccccc3)c(C)c2)c1C(N)=O. The fourth-order valence-electron chi connectivity index (χ4n) is 3.45. The van der Waals surface area contributed by atoms with Crippen molar-refractivity contribution in [1.29, 1.82) is 0 Å². The number of hydrogen-bond acceptors (Lipinski definition) is 4. The number of nitrogens with zero attached hydrogens (tertiary/aromatic N) is 2. The average molecular weight is 421 g/mol. The molecule has 3 rings (SSSR count). The lowest BCUT2D eigenvalue weighted by atomic mass is 10.0. The third-order valence-electron chi connectivity index (χ3n) is 5.00. The predicted molar refractivity (Wildman–Crippen MR) is 120 cm³/mol. The standard InChI is InChI=1S/C24H28N4O3/c1-4-5-11-28-15-26-23(20(28)22(25)29)27-24(30)19-12-16(2)21(17(3)13-19)31-14-18-9-7-6-8-10-18/h6-10,12-13,15H,4-5,11,14H2,1-3H3,(H2,25,29)(H,27,30). The van der Waals surface area contributed by atoms with E-state index in [4.69, 9.17) is 10.5 Å². The predicted octanol–water partition coefficient (Wildman–Crippen LogP) is 4.23. The number of nitrogens with two attached hydrogens (primary N) is 1. The van der Waals surface area contributed by atoms with Crippen LogP contribution in [0.1, 0.15) is 57.3 Å². The number of rotatable bonds is 9. The molecule has 7 heteroatoms. The van der Waals surface area contributed by atoms with E-state index in [1.807, 2.05) is 44.2 Å². The molecule has 0 aliphatic carbocycles. The van der Waals surface area contributed by atoms with Crippen LogP contribution in [0.15, 0.2) is 48.8 Å². The highest BCUT2D eigenvalue weighted by molar-refractivity contribution is 6.07. The van der Waals surface area contributed by atoms with Gasteiger partial charge in [-0.05, 0) is 49.1 Å². The Labute approximate surface area is 182 Å². The van der Waals surface area contributed by atoms with Crippen LogP contribution < -0.4 is 15.8 Å². The molecule has 2 amide bonds.